The Hall–Kier alpha value is -1.84. The first-order valence-electron chi connectivity index (χ1n) is 7.30. The molecule has 0 spiro atoms. The molecule has 2 aromatic rings. The summed E-state index contributed by atoms with van der Waals surface area (Å²) in [5.74, 6) is -0.0156. The molecule has 1 amide bonds. The number of halogens is 1. The van der Waals surface area contributed by atoms with Crippen LogP contribution in [0.5, 0.6) is 0 Å². The maximum Gasteiger partial charge on any atom is 0.223 e. The summed E-state index contributed by atoms with van der Waals surface area (Å²) in [6.07, 6.45) is 4.69. The van der Waals surface area contributed by atoms with Crippen LogP contribution in [0.15, 0.2) is 18.2 Å². The van der Waals surface area contributed by atoms with Crippen molar-refractivity contribution >= 4 is 16.8 Å². The van der Waals surface area contributed by atoms with Crippen LogP contribution in [0.2, 0.25) is 0 Å². The van der Waals surface area contributed by atoms with Crippen LogP contribution in [0.4, 0.5) is 4.39 Å². The highest BCUT2D eigenvalue weighted by atomic mass is 19.1. The molecule has 1 fully saturated rings. The van der Waals surface area contributed by atoms with Gasteiger partial charge in [0, 0.05) is 28.6 Å². The molecule has 0 aliphatic heterocycles. The third-order valence-electron chi connectivity index (χ3n) is 4.44. The summed E-state index contributed by atoms with van der Waals surface area (Å²) in [5, 5.41) is 4.02. The van der Waals surface area contributed by atoms with Gasteiger partial charge in [0.05, 0.1) is 0 Å². The molecule has 1 aromatic carbocycles. The Morgan fingerprint density at radius 1 is 1.30 bits per heavy atom. The highest BCUT2D eigenvalue weighted by Crippen LogP contribution is 2.32. The van der Waals surface area contributed by atoms with Crippen LogP contribution >= 0.6 is 0 Å². The van der Waals surface area contributed by atoms with Gasteiger partial charge >= 0.3 is 0 Å². The van der Waals surface area contributed by atoms with E-state index in [-0.39, 0.29) is 17.6 Å². The predicted octanol–water partition coefficient (Wildman–Crippen LogP) is 2.69. The van der Waals surface area contributed by atoms with Crippen molar-refractivity contribution in [3.05, 3.63) is 35.3 Å². The Morgan fingerprint density at radius 3 is 2.95 bits per heavy atom. The highest BCUT2D eigenvalue weighted by molar-refractivity contribution is 5.87. The quantitative estimate of drug-likeness (QED) is 0.867. The number of aryl methyl sites for hydroxylation is 1. The van der Waals surface area contributed by atoms with E-state index in [2.05, 4.69) is 10.3 Å². The molecular formula is C16H17FN2O. The number of nitrogens with one attached hydrogen (secondary N) is 2. The number of benzene rings is 1. The van der Waals surface area contributed by atoms with E-state index in [9.17, 15) is 9.18 Å². The molecule has 2 N–H and O–H groups in total. The minimum Gasteiger partial charge on any atom is -0.358 e. The molecule has 4 heteroatoms. The lowest BCUT2D eigenvalue weighted by molar-refractivity contribution is -0.125. The van der Waals surface area contributed by atoms with Crippen molar-refractivity contribution in [2.45, 2.75) is 38.1 Å². The number of amides is 1. The summed E-state index contributed by atoms with van der Waals surface area (Å²) in [6.45, 7) is 0. The lowest BCUT2D eigenvalue weighted by Crippen LogP contribution is -2.35. The van der Waals surface area contributed by atoms with Gasteiger partial charge in [-0.3, -0.25) is 4.79 Å². The zero-order valence-corrected chi connectivity index (χ0v) is 11.2. The molecule has 0 saturated heterocycles. The van der Waals surface area contributed by atoms with Crippen LogP contribution in [0.1, 0.15) is 30.5 Å². The number of hydrogen-bond acceptors (Lipinski definition) is 1. The maximum atomic E-state index is 13.4. The van der Waals surface area contributed by atoms with Crippen LogP contribution in [-0.2, 0) is 17.6 Å². The Kier molecular flexibility index (Phi) is 2.59. The SMILES string of the molecule is O=C(NC1CC1)C1CCc2[nH]c3ccc(F)cc3c2C1. The molecule has 3 nitrogen and oxygen atoms in total. The molecule has 2 aliphatic rings. The van der Waals surface area contributed by atoms with Gasteiger partial charge in [0.1, 0.15) is 5.82 Å². The summed E-state index contributed by atoms with van der Waals surface area (Å²) in [5.41, 5.74) is 3.27. The van der Waals surface area contributed by atoms with Gasteiger partial charge in [0.25, 0.3) is 0 Å². The third kappa shape index (κ3) is 1.99. The zero-order valence-electron chi connectivity index (χ0n) is 11.2. The molecule has 0 radical (unpaired) electrons. The van der Waals surface area contributed by atoms with E-state index in [1.807, 2.05) is 0 Å². The number of carbonyl (C=O) groups excluding carboxylic acids is 1. The number of H-pyrrole nitrogens is 1. The summed E-state index contributed by atoms with van der Waals surface area (Å²) in [4.78, 5) is 15.5. The second-order valence-electron chi connectivity index (χ2n) is 5.99. The van der Waals surface area contributed by atoms with Crippen molar-refractivity contribution in [2.24, 2.45) is 5.92 Å². The van der Waals surface area contributed by atoms with E-state index in [1.165, 1.54) is 11.8 Å². The molecule has 0 bridgehead atoms. The van der Waals surface area contributed by atoms with Gasteiger partial charge in [-0.1, -0.05) is 0 Å². The lowest BCUT2D eigenvalue weighted by atomic mass is 9.86. The van der Waals surface area contributed by atoms with E-state index in [1.54, 1.807) is 12.1 Å². The van der Waals surface area contributed by atoms with Gasteiger partial charge in [0.2, 0.25) is 5.91 Å². The molecule has 1 unspecified atom stereocenters. The smallest absolute Gasteiger partial charge is 0.223 e. The summed E-state index contributed by atoms with van der Waals surface area (Å²) < 4.78 is 13.4. The Bertz CT molecular complexity index is 687. The molecule has 1 aromatic heterocycles. The molecule has 2 aliphatic carbocycles. The molecule has 1 atom stereocenters. The van der Waals surface area contributed by atoms with Crippen LogP contribution in [0.25, 0.3) is 10.9 Å². The second kappa shape index (κ2) is 4.33. The van der Waals surface area contributed by atoms with Gasteiger partial charge in [-0.25, -0.2) is 4.39 Å². The third-order valence-corrected chi connectivity index (χ3v) is 4.44. The standard InChI is InChI=1S/C16H17FN2O/c17-10-2-6-15-13(8-10)12-7-9(1-5-14(12)19-15)16(20)18-11-3-4-11/h2,6,8-9,11,19H,1,3-5,7H2,(H,18,20). The minimum atomic E-state index is -0.219. The summed E-state index contributed by atoms with van der Waals surface area (Å²) in [6, 6.07) is 5.24. The second-order valence-corrected chi connectivity index (χ2v) is 5.99. The Labute approximate surface area is 116 Å². The van der Waals surface area contributed by atoms with Crippen molar-refractivity contribution in [2.75, 3.05) is 0 Å². The molecule has 104 valence electrons. The van der Waals surface area contributed by atoms with Crippen molar-refractivity contribution < 1.29 is 9.18 Å². The first kappa shape index (κ1) is 11.9. The topological polar surface area (TPSA) is 44.9 Å². The Balaban J connectivity index is 1.65. The number of carbonyl (C=O) groups is 1. The monoisotopic (exact) mass is 272 g/mol. The van der Waals surface area contributed by atoms with E-state index < -0.39 is 0 Å². The van der Waals surface area contributed by atoms with E-state index >= 15 is 0 Å². The summed E-state index contributed by atoms with van der Waals surface area (Å²) >= 11 is 0. The maximum absolute atomic E-state index is 13.4. The van der Waals surface area contributed by atoms with Crippen LogP contribution in [0, 0.1) is 11.7 Å². The van der Waals surface area contributed by atoms with Crippen molar-refractivity contribution in [3.8, 4) is 0 Å². The minimum absolute atomic E-state index is 0.0327. The average Bonchev–Trinajstić information content (AvgIpc) is 3.18. The van der Waals surface area contributed by atoms with Crippen molar-refractivity contribution in [1.82, 2.24) is 10.3 Å². The molecule has 4 rings (SSSR count). The number of rotatable bonds is 2. The fourth-order valence-corrected chi connectivity index (χ4v) is 3.16. The molecule has 1 heterocycles. The molecule has 20 heavy (non-hydrogen) atoms. The molecule has 1 saturated carbocycles. The van der Waals surface area contributed by atoms with Gasteiger partial charge < -0.3 is 10.3 Å². The Morgan fingerprint density at radius 2 is 2.15 bits per heavy atom. The van der Waals surface area contributed by atoms with Crippen molar-refractivity contribution in [1.29, 1.82) is 0 Å². The molecular weight excluding hydrogens is 255 g/mol. The lowest BCUT2D eigenvalue weighted by Gasteiger charge is -2.21. The van der Waals surface area contributed by atoms with Gasteiger partial charge in [-0.2, -0.15) is 0 Å². The normalized spacial score (nSPS) is 21.8. The van der Waals surface area contributed by atoms with Gasteiger partial charge in [0.15, 0.2) is 0 Å². The van der Waals surface area contributed by atoms with Gasteiger partial charge in [-0.05, 0) is 55.9 Å². The average molecular weight is 272 g/mol. The summed E-state index contributed by atoms with van der Waals surface area (Å²) in [7, 11) is 0. The number of aromatic nitrogens is 1. The first-order chi connectivity index (χ1) is 9.70. The number of fused-ring (bicyclic) bond motifs is 3. The fraction of sp³-hybridized carbons (Fsp3) is 0.438. The highest BCUT2D eigenvalue weighted by Gasteiger charge is 2.31. The first-order valence-corrected chi connectivity index (χ1v) is 7.30. The number of aromatic amines is 1. The predicted molar refractivity (Wildman–Crippen MR) is 74.9 cm³/mol. The number of hydrogen-bond donors (Lipinski definition) is 2. The van der Waals surface area contributed by atoms with E-state index in [0.717, 1.165) is 48.6 Å². The van der Waals surface area contributed by atoms with Crippen LogP contribution < -0.4 is 5.32 Å². The van der Waals surface area contributed by atoms with Gasteiger partial charge in [-0.15, -0.1) is 0 Å². The van der Waals surface area contributed by atoms with E-state index in [4.69, 9.17) is 0 Å². The zero-order chi connectivity index (χ0) is 13.7. The van der Waals surface area contributed by atoms with Crippen molar-refractivity contribution in [3.63, 3.8) is 0 Å². The van der Waals surface area contributed by atoms with Crippen LogP contribution in [0.3, 0.4) is 0 Å². The van der Waals surface area contributed by atoms with Crippen LogP contribution in [-0.4, -0.2) is 16.9 Å². The van der Waals surface area contributed by atoms with E-state index in [0.29, 0.717) is 6.04 Å². The largest absolute Gasteiger partial charge is 0.358 e. The fourth-order valence-electron chi connectivity index (χ4n) is 3.16.